The molecule has 2 aromatic rings. The van der Waals surface area contributed by atoms with E-state index in [2.05, 4.69) is 5.32 Å². The number of carbonyl (C=O) groups excluding carboxylic acids is 2. The number of hydrogen-bond donors (Lipinski definition) is 1. The SMILES string of the molecule is CCN(CC(=O)NCc1cccs1)C(=O)C=Cc1cccs1. The third-order valence-corrected chi connectivity index (χ3v) is 4.72. The van der Waals surface area contributed by atoms with Crippen molar-refractivity contribution in [2.24, 2.45) is 0 Å². The fourth-order valence-electron chi connectivity index (χ4n) is 1.82. The molecule has 0 atom stereocenters. The Hall–Kier alpha value is -1.92. The summed E-state index contributed by atoms with van der Waals surface area (Å²) in [6.45, 7) is 2.95. The van der Waals surface area contributed by atoms with Gasteiger partial charge in [0.25, 0.3) is 0 Å². The van der Waals surface area contributed by atoms with Crippen molar-refractivity contribution < 1.29 is 9.59 Å². The van der Waals surface area contributed by atoms with Crippen LogP contribution in [0, 0.1) is 0 Å². The minimum absolute atomic E-state index is 0.0789. The van der Waals surface area contributed by atoms with Crippen molar-refractivity contribution in [3.05, 3.63) is 50.9 Å². The fourth-order valence-corrected chi connectivity index (χ4v) is 3.08. The molecule has 2 rings (SSSR count). The van der Waals surface area contributed by atoms with Crippen molar-refractivity contribution in [1.82, 2.24) is 10.2 Å². The van der Waals surface area contributed by atoms with Gasteiger partial charge in [-0.3, -0.25) is 9.59 Å². The molecule has 116 valence electrons. The normalized spacial score (nSPS) is 10.8. The summed E-state index contributed by atoms with van der Waals surface area (Å²) in [5.41, 5.74) is 0. The van der Waals surface area contributed by atoms with E-state index in [1.165, 1.54) is 11.0 Å². The molecule has 0 saturated carbocycles. The van der Waals surface area contributed by atoms with Gasteiger partial charge in [0.2, 0.25) is 11.8 Å². The maximum atomic E-state index is 12.1. The van der Waals surface area contributed by atoms with Crippen molar-refractivity contribution in [3.63, 3.8) is 0 Å². The van der Waals surface area contributed by atoms with E-state index in [0.717, 1.165) is 9.75 Å². The van der Waals surface area contributed by atoms with Crippen LogP contribution in [-0.2, 0) is 16.1 Å². The van der Waals surface area contributed by atoms with Crippen LogP contribution in [0.15, 0.2) is 41.1 Å². The largest absolute Gasteiger partial charge is 0.350 e. The zero-order valence-corrected chi connectivity index (χ0v) is 14.0. The van der Waals surface area contributed by atoms with E-state index in [9.17, 15) is 9.59 Å². The average molecular weight is 334 g/mol. The second-order valence-electron chi connectivity index (χ2n) is 4.56. The molecule has 0 aliphatic heterocycles. The third-order valence-electron chi connectivity index (χ3n) is 3.00. The van der Waals surface area contributed by atoms with Crippen molar-refractivity contribution >= 4 is 40.6 Å². The van der Waals surface area contributed by atoms with Gasteiger partial charge in [0.1, 0.15) is 0 Å². The molecule has 0 fully saturated rings. The van der Waals surface area contributed by atoms with Gasteiger partial charge in [-0.15, -0.1) is 22.7 Å². The highest BCUT2D eigenvalue weighted by atomic mass is 32.1. The molecular formula is C16H18N2O2S2. The first-order valence-electron chi connectivity index (χ1n) is 6.98. The fraction of sp³-hybridized carbons (Fsp3) is 0.250. The molecule has 0 aliphatic rings. The molecule has 22 heavy (non-hydrogen) atoms. The lowest BCUT2D eigenvalue weighted by Crippen LogP contribution is -2.39. The Kier molecular flexibility index (Phi) is 6.36. The molecular weight excluding hydrogens is 316 g/mol. The van der Waals surface area contributed by atoms with E-state index >= 15 is 0 Å². The number of amides is 2. The van der Waals surface area contributed by atoms with E-state index < -0.39 is 0 Å². The Morgan fingerprint density at radius 1 is 1.23 bits per heavy atom. The molecule has 0 saturated heterocycles. The summed E-state index contributed by atoms with van der Waals surface area (Å²) in [7, 11) is 0. The number of likely N-dealkylation sites (N-methyl/N-ethyl adjacent to an activating group) is 1. The molecule has 2 heterocycles. The molecule has 6 heteroatoms. The average Bonchev–Trinajstić information content (AvgIpc) is 3.21. The highest BCUT2D eigenvalue weighted by molar-refractivity contribution is 7.10. The van der Waals surface area contributed by atoms with Crippen molar-refractivity contribution in [1.29, 1.82) is 0 Å². The van der Waals surface area contributed by atoms with E-state index in [-0.39, 0.29) is 18.4 Å². The zero-order valence-electron chi connectivity index (χ0n) is 12.3. The van der Waals surface area contributed by atoms with Gasteiger partial charge in [0, 0.05) is 22.4 Å². The lowest BCUT2D eigenvalue weighted by Gasteiger charge is -2.18. The number of rotatable bonds is 7. The summed E-state index contributed by atoms with van der Waals surface area (Å²) < 4.78 is 0. The second-order valence-corrected chi connectivity index (χ2v) is 6.57. The van der Waals surface area contributed by atoms with Crippen LogP contribution in [-0.4, -0.2) is 29.8 Å². The van der Waals surface area contributed by atoms with Crippen molar-refractivity contribution in [3.8, 4) is 0 Å². The summed E-state index contributed by atoms with van der Waals surface area (Å²) in [5.74, 6) is -0.296. The number of hydrogen-bond acceptors (Lipinski definition) is 4. The van der Waals surface area contributed by atoms with Gasteiger partial charge >= 0.3 is 0 Å². The Labute approximate surface area is 138 Å². The molecule has 1 N–H and O–H groups in total. The van der Waals surface area contributed by atoms with Gasteiger partial charge in [-0.05, 0) is 35.9 Å². The van der Waals surface area contributed by atoms with Crippen LogP contribution in [0.25, 0.3) is 6.08 Å². The Morgan fingerprint density at radius 3 is 2.64 bits per heavy atom. The smallest absolute Gasteiger partial charge is 0.247 e. The van der Waals surface area contributed by atoms with Crippen LogP contribution in [0.1, 0.15) is 16.7 Å². The minimum Gasteiger partial charge on any atom is -0.350 e. The Morgan fingerprint density at radius 2 is 2.00 bits per heavy atom. The first kappa shape index (κ1) is 16.5. The van der Waals surface area contributed by atoms with Crippen LogP contribution < -0.4 is 5.32 Å². The second kappa shape index (κ2) is 8.51. The molecule has 0 aromatic carbocycles. The van der Waals surface area contributed by atoms with E-state index in [1.54, 1.807) is 28.7 Å². The molecule has 0 bridgehead atoms. The highest BCUT2D eigenvalue weighted by Crippen LogP contribution is 2.10. The lowest BCUT2D eigenvalue weighted by atomic mass is 10.3. The molecule has 0 aliphatic carbocycles. The zero-order chi connectivity index (χ0) is 15.8. The summed E-state index contributed by atoms with van der Waals surface area (Å²) in [5, 5.41) is 6.76. The molecule has 0 unspecified atom stereocenters. The number of nitrogens with one attached hydrogen (secondary N) is 1. The number of nitrogens with zero attached hydrogens (tertiary/aromatic N) is 1. The maximum Gasteiger partial charge on any atom is 0.247 e. The van der Waals surface area contributed by atoms with E-state index in [0.29, 0.717) is 13.1 Å². The topological polar surface area (TPSA) is 49.4 Å². The first-order chi connectivity index (χ1) is 10.7. The van der Waals surface area contributed by atoms with Crippen LogP contribution in [0.3, 0.4) is 0 Å². The van der Waals surface area contributed by atoms with Crippen LogP contribution in [0.5, 0.6) is 0 Å². The predicted octanol–water partition coefficient (Wildman–Crippen LogP) is 2.99. The van der Waals surface area contributed by atoms with Crippen molar-refractivity contribution in [2.75, 3.05) is 13.1 Å². The van der Waals surface area contributed by atoms with Gasteiger partial charge in [-0.1, -0.05) is 12.1 Å². The van der Waals surface area contributed by atoms with Gasteiger partial charge in [-0.2, -0.15) is 0 Å². The summed E-state index contributed by atoms with van der Waals surface area (Å²) >= 11 is 3.17. The predicted molar refractivity (Wildman–Crippen MR) is 91.8 cm³/mol. The van der Waals surface area contributed by atoms with Crippen LogP contribution in [0.2, 0.25) is 0 Å². The van der Waals surface area contributed by atoms with Gasteiger partial charge in [-0.25, -0.2) is 0 Å². The Balaban J connectivity index is 1.82. The standard InChI is InChI=1S/C16H18N2O2S2/c1-2-18(16(20)8-7-13-5-3-9-21-13)12-15(19)17-11-14-6-4-10-22-14/h3-10H,2,11-12H2,1H3,(H,17,19). The lowest BCUT2D eigenvalue weighted by molar-refractivity contribution is -0.132. The van der Waals surface area contributed by atoms with E-state index in [4.69, 9.17) is 0 Å². The maximum absolute atomic E-state index is 12.1. The van der Waals surface area contributed by atoms with Crippen molar-refractivity contribution in [2.45, 2.75) is 13.5 Å². The molecule has 0 spiro atoms. The molecule has 0 radical (unpaired) electrons. The monoisotopic (exact) mass is 334 g/mol. The molecule has 2 amide bonds. The molecule has 4 nitrogen and oxygen atoms in total. The number of thiophene rings is 2. The quantitative estimate of drug-likeness (QED) is 0.791. The van der Waals surface area contributed by atoms with Crippen LogP contribution >= 0.6 is 22.7 Å². The van der Waals surface area contributed by atoms with Gasteiger partial charge in [0.05, 0.1) is 13.1 Å². The van der Waals surface area contributed by atoms with Crippen LogP contribution in [0.4, 0.5) is 0 Å². The first-order valence-corrected chi connectivity index (χ1v) is 8.74. The minimum atomic E-state index is -0.151. The Bertz CT molecular complexity index is 619. The number of carbonyl (C=O) groups is 2. The highest BCUT2D eigenvalue weighted by Gasteiger charge is 2.13. The van der Waals surface area contributed by atoms with E-state index in [1.807, 2.05) is 41.9 Å². The molecule has 2 aromatic heterocycles. The van der Waals surface area contributed by atoms with Gasteiger partial charge < -0.3 is 10.2 Å². The third kappa shape index (κ3) is 5.13. The summed E-state index contributed by atoms with van der Waals surface area (Å²) in [6, 6.07) is 7.80. The van der Waals surface area contributed by atoms with Gasteiger partial charge in [0.15, 0.2) is 0 Å². The summed E-state index contributed by atoms with van der Waals surface area (Å²) in [4.78, 5) is 27.7. The summed E-state index contributed by atoms with van der Waals surface area (Å²) in [6.07, 6.45) is 3.29.